The fourth-order valence-corrected chi connectivity index (χ4v) is 1.31. The van der Waals surface area contributed by atoms with Gasteiger partial charge in [0.2, 0.25) is 0 Å². The van der Waals surface area contributed by atoms with Gasteiger partial charge in [0.05, 0.1) is 0 Å². The molecule has 1 aromatic rings. The second-order valence-corrected chi connectivity index (χ2v) is 3.86. The van der Waals surface area contributed by atoms with E-state index in [0.29, 0.717) is 0 Å². The summed E-state index contributed by atoms with van der Waals surface area (Å²) in [4.78, 5) is 1.11. The smallest absolute Gasteiger partial charge is 0.0406 e. The molecule has 0 unspecified atom stereocenters. The molecule has 0 saturated heterocycles. The summed E-state index contributed by atoms with van der Waals surface area (Å²) < 4.78 is 4.21. The van der Waals surface area contributed by atoms with Crippen molar-refractivity contribution >= 4 is 29.3 Å². The van der Waals surface area contributed by atoms with Crippen LogP contribution < -0.4 is 0 Å². The number of rotatable bonds is 2. The minimum Gasteiger partial charge on any atom is -0.221 e. The maximum absolute atomic E-state index is 5.73. The average molecular weight is 200 g/mol. The lowest BCUT2D eigenvalue weighted by molar-refractivity contribution is 1.46. The molecule has 0 bridgehead atoms. The maximum atomic E-state index is 5.73. The summed E-state index contributed by atoms with van der Waals surface area (Å²) >= 11 is 7.20. The van der Waals surface area contributed by atoms with Crippen molar-refractivity contribution in [2.24, 2.45) is 4.40 Å². The molecule has 0 amide bonds. The zero-order chi connectivity index (χ0) is 8.97. The van der Waals surface area contributed by atoms with Crippen LogP contribution in [0.5, 0.6) is 0 Å². The highest BCUT2D eigenvalue weighted by molar-refractivity contribution is 7.98. The summed E-state index contributed by atoms with van der Waals surface area (Å²) in [6.07, 6.45) is 0. The Morgan fingerprint density at radius 2 is 1.83 bits per heavy atom. The Morgan fingerprint density at radius 1 is 1.25 bits per heavy atom. The van der Waals surface area contributed by atoms with Crippen molar-refractivity contribution in [1.82, 2.24) is 0 Å². The highest BCUT2D eigenvalue weighted by atomic mass is 35.5. The van der Waals surface area contributed by atoms with Crippen molar-refractivity contribution in [3.8, 4) is 0 Å². The molecule has 0 aromatic heterocycles. The van der Waals surface area contributed by atoms with E-state index in [2.05, 4.69) is 4.40 Å². The summed E-state index contributed by atoms with van der Waals surface area (Å²) in [5.41, 5.74) is 1.06. The molecule has 12 heavy (non-hydrogen) atoms. The highest BCUT2D eigenvalue weighted by Gasteiger charge is 1.91. The van der Waals surface area contributed by atoms with Gasteiger partial charge in [0.15, 0.2) is 0 Å². The largest absolute Gasteiger partial charge is 0.221 e. The summed E-state index contributed by atoms with van der Waals surface area (Å²) in [6, 6.07) is 7.65. The quantitative estimate of drug-likeness (QED) is 0.521. The summed E-state index contributed by atoms with van der Waals surface area (Å²) in [7, 11) is 0. The minimum atomic E-state index is 0.761. The van der Waals surface area contributed by atoms with Gasteiger partial charge in [0.25, 0.3) is 0 Å². The molecule has 0 aliphatic carbocycles. The predicted molar refractivity (Wildman–Crippen MR) is 56.1 cm³/mol. The van der Waals surface area contributed by atoms with Crippen molar-refractivity contribution in [3.63, 3.8) is 0 Å². The number of nitrogens with zero attached hydrogens (tertiary/aromatic N) is 1. The SMILES string of the molecule is CC(C)=NSc1ccc(Cl)cc1. The average Bonchev–Trinajstić information content (AvgIpc) is 2.03. The summed E-state index contributed by atoms with van der Waals surface area (Å²) in [6.45, 7) is 3.95. The first-order valence-electron chi connectivity index (χ1n) is 3.62. The molecule has 0 atom stereocenters. The molecule has 1 rings (SSSR count). The van der Waals surface area contributed by atoms with E-state index in [1.165, 1.54) is 11.9 Å². The number of halogens is 1. The molecular weight excluding hydrogens is 190 g/mol. The monoisotopic (exact) mass is 199 g/mol. The van der Waals surface area contributed by atoms with Crippen LogP contribution in [0.15, 0.2) is 33.6 Å². The van der Waals surface area contributed by atoms with Crippen LogP contribution in [0.2, 0.25) is 5.02 Å². The van der Waals surface area contributed by atoms with Gasteiger partial charge in [-0.05, 0) is 38.1 Å². The highest BCUT2D eigenvalue weighted by Crippen LogP contribution is 2.21. The third-order valence-electron chi connectivity index (χ3n) is 1.15. The molecule has 64 valence electrons. The molecule has 0 heterocycles. The Bertz CT molecular complexity index is 275. The molecular formula is C9H10ClNS. The normalized spacial score (nSPS) is 9.58. The van der Waals surface area contributed by atoms with Crippen molar-refractivity contribution < 1.29 is 0 Å². The molecule has 0 saturated carbocycles. The van der Waals surface area contributed by atoms with E-state index in [9.17, 15) is 0 Å². The molecule has 1 nitrogen and oxygen atoms in total. The topological polar surface area (TPSA) is 12.4 Å². The van der Waals surface area contributed by atoms with E-state index in [4.69, 9.17) is 11.6 Å². The van der Waals surface area contributed by atoms with E-state index in [-0.39, 0.29) is 0 Å². The third-order valence-corrected chi connectivity index (χ3v) is 2.34. The minimum absolute atomic E-state index is 0.761. The van der Waals surface area contributed by atoms with Gasteiger partial charge in [-0.3, -0.25) is 0 Å². The maximum Gasteiger partial charge on any atom is 0.0406 e. The molecule has 0 radical (unpaired) electrons. The lowest BCUT2D eigenvalue weighted by Gasteiger charge is -1.95. The summed E-state index contributed by atoms with van der Waals surface area (Å²) in [5.74, 6) is 0. The zero-order valence-electron chi connectivity index (χ0n) is 7.04. The number of benzene rings is 1. The summed E-state index contributed by atoms with van der Waals surface area (Å²) in [5, 5.41) is 0.761. The van der Waals surface area contributed by atoms with Crippen molar-refractivity contribution in [3.05, 3.63) is 29.3 Å². The Kier molecular flexibility index (Phi) is 3.63. The van der Waals surface area contributed by atoms with Gasteiger partial charge in [-0.2, -0.15) is 0 Å². The Morgan fingerprint density at radius 3 is 2.33 bits per heavy atom. The van der Waals surface area contributed by atoms with Crippen molar-refractivity contribution in [2.75, 3.05) is 0 Å². The van der Waals surface area contributed by atoms with E-state index in [0.717, 1.165) is 15.6 Å². The molecule has 0 aliphatic rings. The van der Waals surface area contributed by atoms with Gasteiger partial charge in [-0.25, -0.2) is 4.40 Å². The third kappa shape index (κ3) is 3.28. The van der Waals surface area contributed by atoms with E-state index in [1.807, 2.05) is 38.1 Å². The van der Waals surface area contributed by atoms with E-state index in [1.54, 1.807) is 0 Å². The Hall–Kier alpha value is -0.470. The van der Waals surface area contributed by atoms with Crippen LogP contribution in [0.4, 0.5) is 0 Å². The van der Waals surface area contributed by atoms with Gasteiger partial charge in [0, 0.05) is 27.6 Å². The molecule has 1 aromatic carbocycles. The van der Waals surface area contributed by atoms with Crippen molar-refractivity contribution in [1.29, 1.82) is 0 Å². The standard InChI is InChI=1S/C9H10ClNS/c1-7(2)11-12-9-5-3-8(10)4-6-9/h3-6H,1-2H3. The lowest BCUT2D eigenvalue weighted by atomic mass is 10.4. The van der Waals surface area contributed by atoms with Gasteiger partial charge >= 0.3 is 0 Å². The fourth-order valence-electron chi connectivity index (χ4n) is 0.639. The molecule has 0 N–H and O–H groups in total. The lowest BCUT2D eigenvalue weighted by Crippen LogP contribution is -1.75. The van der Waals surface area contributed by atoms with Crippen LogP contribution >= 0.6 is 23.5 Å². The van der Waals surface area contributed by atoms with Crippen molar-refractivity contribution in [2.45, 2.75) is 18.7 Å². The molecule has 0 spiro atoms. The first-order valence-corrected chi connectivity index (χ1v) is 4.77. The van der Waals surface area contributed by atoms with Gasteiger partial charge in [0.1, 0.15) is 0 Å². The van der Waals surface area contributed by atoms with Crippen LogP contribution in [0, 0.1) is 0 Å². The Labute approximate surface area is 82.0 Å². The van der Waals surface area contributed by atoms with Crippen LogP contribution in [0.1, 0.15) is 13.8 Å². The van der Waals surface area contributed by atoms with Gasteiger partial charge in [-0.15, -0.1) is 0 Å². The first-order chi connectivity index (χ1) is 5.68. The fraction of sp³-hybridized carbons (Fsp3) is 0.222. The first kappa shape index (κ1) is 9.62. The van der Waals surface area contributed by atoms with Gasteiger partial charge < -0.3 is 0 Å². The Balaban J connectivity index is 2.65. The van der Waals surface area contributed by atoms with Crippen LogP contribution in [-0.2, 0) is 0 Å². The second kappa shape index (κ2) is 4.53. The number of hydrogen-bond donors (Lipinski definition) is 0. The van der Waals surface area contributed by atoms with E-state index >= 15 is 0 Å². The number of hydrogen-bond acceptors (Lipinski definition) is 2. The van der Waals surface area contributed by atoms with Crippen LogP contribution in [0.3, 0.4) is 0 Å². The van der Waals surface area contributed by atoms with Gasteiger partial charge in [-0.1, -0.05) is 11.6 Å². The van der Waals surface area contributed by atoms with Crippen LogP contribution in [0.25, 0.3) is 0 Å². The molecule has 0 fully saturated rings. The second-order valence-electron chi connectivity index (χ2n) is 2.58. The zero-order valence-corrected chi connectivity index (χ0v) is 8.62. The van der Waals surface area contributed by atoms with Crippen LogP contribution in [-0.4, -0.2) is 5.71 Å². The predicted octanol–water partition coefficient (Wildman–Crippen LogP) is 3.83. The molecule has 0 aliphatic heterocycles. The molecule has 3 heteroatoms. The van der Waals surface area contributed by atoms with E-state index < -0.39 is 0 Å².